The van der Waals surface area contributed by atoms with Gasteiger partial charge >= 0.3 is 0 Å². The summed E-state index contributed by atoms with van der Waals surface area (Å²) in [7, 11) is 0. The van der Waals surface area contributed by atoms with Crippen LogP contribution in [0.2, 0.25) is 0 Å². The summed E-state index contributed by atoms with van der Waals surface area (Å²) in [5.41, 5.74) is 2.51. The molecule has 2 aliphatic rings. The van der Waals surface area contributed by atoms with E-state index in [9.17, 15) is 19.7 Å². The van der Waals surface area contributed by atoms with Gasteiger partial charge in [-0.15, -0.1) is 0 Å². The highest BCUT2D eigenvalue weighted by atomic mass is 32.1. The lowest BCUT2D eigenvalue weighted by Crippen LogP contribution is -2.28. The fourth-order valence-electron chi connectivity index (χ4n) is 4.24. The molecule has 3 aromatic rings. The largest absolute Gasteiger partial charge is 0.372 e. The predicted octanol–water partition coefficient (Wildman–Crippen LogP) is 3.80. The lowest BCUT2D eigenvalue weighted by atomic mass is 10.1. The Labute approximate surface area is 187 Å². The van der Waals surface area contributed by atoms with Gasteiger partial charge in [-0.05, 0) is 43.2 Å². The fourth-order valence-corrected chi connectivity index (χ4v) is 5.14. The zero-order valence-corrected chi connectivity index (χ0v) is 18.0. The van der Waals surface area contributed by atoms with E-state index in [1.165, 1.54) is 36.3 Å². The third kappa shape index (κ3) is 3.89. The molecular formula is C22H21N5O4S. The number of hydrogen-bond donors (Lipinski definition) is 1. The molecule has 0 saturated carbocycles. The van der Waals surface area contributed by atoms with Crippen LogP contribution in [0.5, 0.6) is 0 Å². The smallest absolute Gasteiger partial charge is 0.270 e. The van der Waals surface area contributed by atoms with E-state index < -0.39 is 10.8 Å². The lowest BCUT2D eigenvalue weighted by molar-refractivity contribution is -0.384. The maximum atomic E-state index is 12.8. The molecule has 1 unspecified atom stereocenters. The number of anilines is 3. The second kappa shape index (κ2) is 8.19. The van der Waals surface area contributed by atoms with Gasteiger partial charge in [-0.25, -0.2) is 4.98 Å². The second-order valence-corrected chi connectivity index (χ2v) is 9.06. The molecule has 2 saturated heterocycles. The van der Waals surface area contributed by atoms with Crippen LogP contribution >= 0.6 is 11.3 Å². The van der Waals surface area contributed by atoms with Gasteiger partial charge in [0, 0.05) is 49.6 Å². The minimum Gasteiger partial charge on any atom is -0.372 e. The van der Waals surface area contributed by atoms with Crippen molar-refractivity contribution in [3.63, 3.8) is 0 Å². The SMILES string of the molecule is O=C(Nc1nc2ccc([N+](=O)[O-])cc2s1)C1CC(=O)N(c2ccc(N3CCCC3)cc2)C1. The van der Waals surface area contributed by atoms with Gasteiger partial charge in [-0.3, -0.25) is 19.7 Å². The van der Waals surface area contributed by atoms with E-state index in [0.29, 0.717) is 21.9 Å². The maximum absolute atomic E-state index is 12.8. The lowest BCUT2D eigenvalue weighted by Gasteiger charge is -2.20. The number of non-ortho nitro benzene ring substituents is 1. The van der Waals surface area contributed by atoms with Gasteiger partial charge in [0.1, 0.15) is 0 Å². The highest BCUT2D eigenvalue weighted by molar-refractivity contribution is 7.22. The number of rotatable bonds is 5. The van der Waals surface area contributed by atoms with Gasteiger partial charge in [-0.1, -0.05) is 11.3 Å². The standard InChI is InChI=1S/C22H21N5O4S/c28-20-11-14(13-26(20)16-5-3-15(4-6-16)25-9-1-2-10-25)21(29)24-22-23-18-8-7-17(27(30)31)12-19(18)32-22/h3-8,12,14H,1-2,9-11,13H2,(H,23,24,29). The number of amides is 2. The molecule has 0 bridgehead atoms. The van der Waals surface area contributed by atoms with Crippen LogP contribution in [0.25, 0.3) is 10.2 Å². The first-order chi connectivity index (χ1) is 15.5. The zero-order valence-electron chi connectivity index (χ0n) is 17.2. The Morgan fingerprint density at radius 2 is 1.84 bits per heavy atom. The van der Waals surface area contributed by atoms with Crippen LogP contribution in [0.3, 0.4) is 0 Å². The van der Waals surface area contributed by atoms with Crippen molar-refractivity contribution in [2.24, 2.45) is 5.92 Å². The Hall–Kier alpha value is -3.53. The molecule has 1 N–H and O–H groups in total. The molecule has 10 heteroatoms. The number of nitro groups is 1. The molecule has 1 atom stereocenters. The molecule has 0 aliphatic carbocycles. The monoisotopic (exact) mass is 451 g/mol. The van der Waals surface area contributed by atoms with Crippen molar-refractivity contribution in [2.45, 2.75) is 19.3 Å². The van der Waals surface area contributed by atoms with Crippen molar-refractivity contribution in [1.82, 2.24) is 4.98 Å². The molecule has 0 spiro atoms. The van der Waals surface area contributed by atoms with E-state index in [0.717, 1.165) is 24.5 Å². The van der Waals surface area contributed by atoms with E-state index in [2.05, 4.69) is 15.2 Å². The Kier molecular flexibility index (Phi) is 5.22. The molecule has 1 aromatic heterocycles. The van der Waals surface area contributed by atoms with Gasteiger partial charge in [0.2, 0.25) is 11.8 Å². The first-order valence-corrected chi connectivity index (χ1v) is 11.3. The number of aromatic nitrogens is 1. The van der Waals surface area contributed by atoms with Crippen LogP contribution < -0.4 is 15.1 Å². The van der Waals surface area contributed by atoms with Gasteiger partial charge < -0.3 is 15.1 Å². The summed E-state index contributed by atoms with van der Waals surface area (Å²) in [6, 6.07) is 12.3. The molecule has 164 valence electrons. The molecule has 2 aromatic carbocycles. The van der Waals surface area contributed by atoms with Gasteiger partial charge in [-0.2, -0.15) is 0 Å². The number of carbonyl (C=O) groups is 2. The van der Waals surface area contributed by atoms with E-state index in [4.69, 9.17) is 0 Å². The number of fused-ring (bicyclic) bond motifs is 1. The van der Waals surface area contributed by atoms with Crippen LogP contribution in [0.1, 0.15) is 19.3 Å². The highest BCUT2D eigenvalue weighted by Crippen LogP contribution is 2.32. The second-order valence-electron chi connectivity index (χ2n) is 8.03. The Balaban J connectivity index is 1.26. The minimum atomic E-state index is -0.484. The molecule has 5 rings (SSSR count). The Morgan fingerprint density at radius 3 is 2.56 bits per heavy atom. The summed E-state index contributed by atoms with van der Waals surface area (Å²) in [5, 5.41) is 14.1. The third-order valence-corrected chi connectivity index (χ3v) is 6.87. The summed E-state index contributed by atoms with van der Waals surface area (Å²) in [4.78, 5) is 44.2. The quantitative estimate of drug-likeness (QED) is 0.467. The molecule has 2 fully saturated rings. The van der Waals surface area contributed by atoms with Crippen molar-refractivity contribution >= 4 is 55.6 Å². The van der Waals surface area contributed by atoms with E-state index in [1.54, 1.807) is 11.0 Å². The fraction of sp³-hybridized carbons (Fsp3) is 0.318. The minimum absolute atomic E-state index is 0.0215. The number of thiazole rings is 1. The van der Waals surface area contributed by atoms with Crippen LogP contribution in [-0.4, -0.2) is 41.4 Å². The van der Waals surface area contributed by atoms with Crippen molar-refractivity contribution in [3.8, 4) is 0 Å². The average molecular weight is 452 g/mol. The summed E-state index contributed by atoms with van der Waals surface area (Å²) < 4.78 is 0.622. The molecule has 32 heavy (non-hydrogen) atoms. The van der Waals surface area contributed by atoms with Crippen molar-refractivity contribution < 1.29 is 14.5 Å². The van der Waals surface area contributed by atoms with Crippen LogP contribution in [0.15, 0.2) is 42.5 Å². The average Bonchev–Trinajstić information content (AvgIpc) is 3.52. The van der Waals surface area contributed by atoms with E-state index in [1.807, 2.05) is 24.3 Å². The Morgan fingerprint density at radius 1 is 1.12 bits per heavy atom. The molecule has 2 amide bonds. The summed E-state index contributed by atoms with van der Waals surface area (Å²) in [6.07, 6.45) is 2.54. The number of hydrogen-bond acceptors (Lipinski definition) is 7. The van der Waals surface area contributed by atoms with Gasteiger partial charge in [0.05, 0.1) is 21.1 Å². The molecule has 9 nitrogen and oxygen atoms in total. The molecule has 3 heterocycles. The summed E-state index contributed by atoms with van der Waals surface area (Å²) >= 11 is 1.18. The highest BCUT2D eigenvalue weighted by Gasteiger charge is 2.35. The number of nitro benzene ring substituents is 1. The molecular weight excluding hydrogens is 430 g/mol. The number of carbonyl (C=O) groups excluding carboxylic acids is 2. The van der Waals surface area contributed by atoms with Crippen LogP contribution in [-0.2, 0) is 9.59 Å². The first-order valence-electron chi connectivity index (χ1n) is 10.5. The molecule has 2 aliphatic heterocycles. The topological polar surface area (TPSA) is 109 Å². The van der Waals surface area contributed by atoms with Gasteiger partial charge in [0.25, 0.3) is 5.69 Å². The van der Waals surface area contributed by atoms with Crippen molar-refractivity contribution in [2.75, 3.05) is 34.8 Å². The van der Waals surface area contributed by atoms with Crippen molar-refractivity contribution in [3.05, 3.63) is 52.6 Å². The van der Waals surface area contributed by atoms with E-state index >= 15 is 0 Å². The summed E-state index contributed by atoms with van der Waals surface area (Å²) in [6.45, 7) is 2.43. The number of nitrogens with zero attached hydrogens (tertiary/aromatic N) is 4. The Bertz CT molecular complexity index is 1200. The number of nitrogens with one attached hydrogen (secondary N) is 1. The zero-order chi connectivity index (χ0) is 22.2. The van der Waals surface area contributed by atoms with E-state index in [-0.39, 0.29) is 23.9 Å². The van der Waals surface area contributed by atoms with Gasteiger partial charge in [0.15, 0.2) is 5.13 Å². The number of benzene rings is 2. The first kappa shape index (κ1) is 20.4. The predicted molar refractivity (Wildman–Crippen MR) is 123 cm³/mol. The normalized spacial score (nSPS) is 18.5. The third-order valence-electron chi connectivity index (χ3n) is 5.94. The van der Waals surface area contributed by atoms with Crippen LogP contribution in [0, 0.1) is 16.0 Å². The van der Waals surface area contributed by atoms with Crippen molar-refractivity contribution in [1.29, 1.82) is 0 Å². The van der Waals surface area contributed by atoms with Crippen LogP contribution in [0.4, 0.5) is 22.2 Å². The molecule has 0 radical (unpaired) electrons. The summed E-state index contributed by atoms with van der Waals surface area (Å²) in [5.74, 6) is -0.843. The maximum Gasteiger partial charge on any atom is 0.270 e.